The van der Waals surface area contributed by atoms with Crippen LogP contribution >= 0.6 is 0 Å². The van der Waals surface area contributed by atoms with E-state index < -0.39 is 16.4 Å². The van der Waals surface area contributed by atoms with Crippen LogP contribution in [-0.4, -0.2) is 14.3 Å². The molecule has 1 aromatic rings. The molecule has 0 aromatic heterocycles. The van der Waals surface area contributed by atoms with E-state index in [1.54, 1.807) is 12.1 Å². The van der Waals surface area contributed by atoms with E-state index in [2.05, 4.69) is 4.36 Å². The quantitative estimate of drug-likeness (QED) is 0.664. The van der Waals surface area contributed by atoms with Crippen LogP contribution in [-0.2, 0) is 10.5 Å². The maximum Gasteiger partial charge on any atom is 0.319 e. The molecule has 0 fully saturated rings. The molecule has 5 nitrogen and oxygen atoms in total. The van der Waals surface area contributed by atoms with Gasteiger partial charge < -0.3 is 5.73 Å². The van der Waals surface area contributed by atoms with Gasteiger partial charge in [-0.3, -0.25) is 4.79 Å². The lowest BCUT2D eigenvalue weighted by Gasteiger charge is -1.96. The third-order valence-corrected chi connectivity index (χ3v) is 1.66. The lowest BCUT2D eigenvalue weighted by molar-refractivity contribution is 0.101. The molecule has 1 aromatic carbocycles. The summed E-state index contributed by atoms with van der Waals surface area (Å²) < 4.78 is 22.9. The molecule has 0 aliphatic carbocycles. The highest BCUT2D eigenvalue weighted by Gasteiger charge is 2.07. The van der Waals surface area contributed by atoms with Gasteiger partial charge in [0.25, 0.3) is 5.91 Å². The fourth-order valence-corrected chi connectivity index (χ4v) is 1.04. The van der Waals surface area contributed by atoms with E-state index >= 15 is 0 Å². The number of nitrogens with two attached hydrogens (primary N) is 1. The number of anilines is 1. The van der Waals surface area contributed by atoms with Crippen LogP contribution in [0.15, 0.2) is 28.6 Å². The summed E-state index contributed by atoms with van der Waals surface area (Å²) in [6.45, 7) is 0. The molecule has 1 rings (SSSR count). The molecule has 0 spiro atoms. The van der Waals surface area contributed by atoms with Crippen LogP contribution in [0.25, 0.3) is 0 Å². The average molecular weight is 198 g/mol. The Kier molecular flexibility index (Phi) is 2.76. The monoisotopic (exact) mass is 198 g/mol. The molecule has 2 N–H and O–H groups in total. The zero-order chi connectivity index (χ0) is 9.84. The Labute approximate surface area is 75.9 Å². The predicted molar refractivity (Wildman–Crippen MR) is 46.5 cm³/mol. The van der Waals surface area contributed by atoms with Crippen molar-refractivity contribution >= 4 is 22.1 Å². The second kappa shape index (κ2) is 3.81. The molecule has 0 saturated heterocycles. The maximum atomic E-state index is 11.0. The van der Waals surface area contributed by atoms with Crippen molar-refractivity contribution in [3.05, 3.63) is 29.8 Å². The fraction of sp³-hybridized carbons (Fsp3) is 0. The average Bonchev–Trinajstić information content (AvgIpc) is 2.03. The summed E-state index contributed by atoms with van der Waals surface area (Å²) >= 11 is 0. The Balaban J connectivity index is 3.17. The fourth-order valence-electron chi connectivity index (χ4n) is 0.809. The number of amides is 1. The van der Waals surface area contributed by atoms with Crippen LogP contribution in [0.1, 0.15) is 10.4 Å². The Morgan fingerprint density at radius 1 is 1.31 bits per heavy atom. The minimum Gasteiger partial charge on any atom is -0.398 e. The summed E-state index contributed by atoms with van der Waals surface area (Å²) in [4.78, 5) is 11.0. The second-order valence-electron chi connectivity index (χ2n) is 2.20. The number of para-hydroxylation sites is 1. The summed E-state index contributed by atoms with van der Waals surface area (Å²) in [5, 5.41) is 0. The number of hydrogen-bond donors (Lipinski definition) is 1. The first-order valence-corrected chi connectivity index (χ1v) is 4.34. The summed E-state index contributed by atoms with van der Waals surface area (Å²) in [5.74, 6) is -0.855. The van der Waals surface area contributed by atoms with E-state index in [-0.39, 0.29) is 11.3 Å². The Hall–Kier alpha value is -1.69. The largest absolute Gasteiger partial charge is 0.398 e. The highest BCUT2D eigenvalue weighted by molar-refractivity contribution is 7.62. The molecule has 13 heavy (non-hydrogen) atoms. The normalized spacial score (nSPS) is 9.23. The molecular formula is C7H6N2O3S. The van der Waals surface area contributed by atoms with Gasteiger partial charge in [-0.25, -0.2) is 0 Å². The van der Waals surface area contributed by atoms with Crippen molar-refractivity contribution in [1.29, 1.82) is 0 Å². The molecule has 0 saturated carbocycles. The van der Waals surface area contributed by atoms with E-state index in [1.807, 2.05) is 0 Å². The number of carbonyl (C=O) groups is 1. The number of rotatable bonds is 1. The number of carbonyl (C=O) groups excluding carboxylic acids is 1. The van der Waals surface area contributed by atoms with Crippen molar-refractivity contribution in [2.75, 3.05) is 5.73 Å². The van der Waals surface area contributed by atoms with Gasteiger partial charge in [0, 0.05) is 5.69 Å². The van der Waals surface area contributed by atoms with Crippen molar-refractivity contribution in [3.63, 3.8) is 0 Å². The lowest BCUT2D eigenvalue weighted by Crippen LogP contribution is -1.99. The standard InChI is InChI=1S/C7H6N2O3S/c8-6-4-2-1-3-5(6)7(10)9-13(11)12/h1-4H,8H2. The first-order chi connectivity index (χ1) is 6.11. The summed E-state index contributed by atoms with van der Waals surface area (Å²) in [6, 6.07) is 6.12. The van der Waals surface area contributed by atoms with Crippen LogP contribution in [0.4, 0.5) is 5.69 Å². The van der Waals surface area contributed by atoms with E-state index in [0.29, 0.717) is 0 Å². The van der Waals surface area contributed by atoms with Crippen molar-refractivity contribution in [3.8, 4) is 0 Å². The van der Waals surface area contributed by atoms with Gasteiger partial charge in [-0.1, -0.05) is 16.5 Å². The summed E-state index contributed by atoms with van der Waals surface area (Å²) in [7, 11) is -2.73. The maximum absolute atomic E-state index is 11.0. The van der Waals surface area contributed by atoms with Gasteiger partial charge in [-0.05, 0) is 12.1 Å². The minimum absolute atomic E-state index is 0.0895. The first kappa shape index (κ1) is 9.40. The molecule has 0 radical (unpaired) electrons. The van der Waals surface area contributed by atoms with Gasteiger partial charge in [0.1, 0.15) is 0 Å². The second-order valence-corrected chi connectivity index (χ2v) is 2.82. The molecule has 0 heterocycles. The van der Waals surface area contributed by atoms with Crippen LogP contribution in [0.3, 0.4) is 0 Å². The van der Waals surface area contributed by atoms with Crippen molar-refractivity contribution in [2.45, 2.75) is 0 Å². The van der Waals surface area contributed by atoms with Crippen molar-refractivity contribution in [2.24, 2.45) is 4.36 Å². The molecule has 68 valence electrons. The highest BCUT2D eigenvalue weighted by atomic mass is 32.2. The van der Waals surface area contributed by atoms with Crippen LogP contribution in [0.2, 0.25) is 0 Å². The molecule has 0 aliphatic rings. The van der Waals surface area contributed by atoms with Crippen LogP contribution in [0, 0.1) is 0 Å². The van der Waals surface area contributed by atoms with Gasteiger partial charge in [-0.2, -0.15) is 8.42 Å². The number of nitrogens with zero attached hydrogens (tertiary/aromatic N) is 1. The van der Waals surface area contributed by atoms with Crippen LogP contribution < -0.4 is 5.73 Å². The number of benzene rings is 1. The molecule has 6 heteroatoms. The Bertz CT molecular complexity index is 456. The number of nitrogen functional groups attached to an aromatic ring is 1. The van der Waals surface area contributed by atoms with Gasteiger partial charge in [0.2, 0.25) is 0 Å². The minimum atomic E-state index is -2.73. The van der Waals surface area contributed by atoms with Gasteiger partial charge in [0.05, 0.1) is 5.56 Å². The van der Waals surface area contributed by atoms with E-state index in [4.69, 9.17) is 5.73 Å². The molecule has 0 aliphatic heterocycles. The van der Waals surface area contributed by atoms with Gasteiger partial charge in [-0.15, -0.1) is 0 Å². The summed E-state index contributed by atoms with van der Waals surface area (Å²) in [5.41, 5.74) is 5.71. The SMILES string of the molecule is Nc1ccccc1C(=O)N=S(=O)=O. The van der Waals surface area contributed by atoms with Crippen molar-refractivity contribution in [1.82, 2.24) is 0 Å². The zero-order valence-electron chi connectivity index (χ0n) is 6.47. The molecule has 0 bridgehead atoms. The highest BCUT2D eigenvalue weighted by Crippen LogP contribution is 2.11. The first-order valence-electron chi connectivity index (χ1n) is 3.31. The third-order valence-electron chi connectivity index (χ3n) is 1.35. The number of hydrogen-bond acceptors (Lipinski definition) is 4. The molecule has 0 atom stereocenters. The molecule has 1 amide bonds. The third kappa shape index (κ3) is 2.38. The molecular weight excluding hydrogens is 192 g/mol. The Morgan fingerprint density at radius 3 is 2.46 bits per heavy atom. The topological polar surface area (TPSA) is 89.6 Å². The smallest absolute Gasteiger partial charge is 0.319 e. The van der Waals surface area contributed by atoms with Crippen molar-refractivity contribution < 1.29 is 13.2 Å². The Morgan fingerprint density at radius 2 is 1.92 bits per heavy atom. The lowest BCUT2D eigenvalue weighted by atomic mass is 10.2. The molecule has 0 unspecified atom stereocenters. The van der Waals surface area contributed by atoms with Crippen LogP contribution in [0.5, 0.6) is 0 Å². The summed E-state index contributed by atoms with van der Waals surface area (Å²) in [6.07, 6.45) is 0. The van der Waals surface area contributed by atoms with E-state index in [0.717, 1.165) is 0 Å². The van der Waals surface area contributed by atoms with Gasteiger partial charge >= 0.3 is 10.5 Å². The predicted octanol–water partition coefficient (Wildman–Crippen LogP) is 0.472. The van der Waals surface area contributed by atoms with E-state index in [1.165, 1.54) is 12.1 Å². The van der Waals surface area contributed by atoms with Gasteiger partial charge in [0.15, 0.2) is 0 Å². The van der Waals surface area contributed by atoms with E-state index in [9.17, 15) is 13.2 Å². The zero-order valence-corrected chi connectivity index (χ0v) is 7.28.